The van der Waals surface area contributed by atoms with E-state index in [0.717, 1.165) is 30.2 Å². The molecule has 1 saturated heterocycles. The van der Waals surface area contributed by atoms with E-state index in [1.54, 1.807) is 0 Å². The van der Waals surface area contributed by atoms with E-state index in [-0.39, 0.29) is 18.6 Å². The van der Waals surface area contributed by atoms with Gasteiger partial charge >= 0.3 is 0 Å². The number of nitrogens with one attached hydrogen (secondary N) is 1. The van der Waals surface area contributed by atoms with Crippen LogP contribution >= 0.6 is 0 Å². The molecule has 6 nitrogen and oxygen atoms in total. The first-order valence-corrected chi connectivity index (χ1v) is 8.99. The fourth-order valence-electron chi connectivity index (χ4n) is 3.03. The topological polar surface area (TPSA) is 63.9 Å². The summed E-state index contributed by atoms with van der Waals surface area (Å²) in [5, 5.41) is 2.97. The van der Waals surface area contributed by atoms with Gasteiger partial charge in [0.15, 0.2) is 0 Å². The van der Waals surface area contributed by atoms with Crippen molar-refractivity contribution in [3.05, 3.63) is 59.5 Å². The molecule has 26 heavy (non-hydrogen) atoms. The molecule has 0 spiro atoms. The quantitative estimate of drug-likeness (QED) is 0.784. The molecule has 1 atom stereocenters. The van der Waals surface area contributed by atoms with Crippen molar-refractivity contribution in [1.82, 2.24) is 10.2 Å². The number of rotatable bonds is 8. The van der Waals surface area contributed by atoms with Crippen molar-refractivity contribution in [1.29, 1.82) is 0 Å². The monoisotopic (exact) mass is 358 g/mol. The van der Waals surface area contributed by atoms with Crippen LogP contribution in [0.15, 0.2) is 46.9 Å². The van der Waals surface area contributed by atoms with E-state index in [4.69, 9.17) is 13.9 Å². The van der Waals surface area contributed by atoms with E-state index in [9.17, 15) is 4.79 Å². The number of morpholine rings is 1. The van der Waals surface area contributed by atoms with Gasteiger partial charge in [-0.3, -0.25) is 9.69 Å². The second-order valence-corrected chi connectivity index (χ2v) is 6.40. The van der Waals surface area contributed by atoms with Crippen LogP contribution in [0.2, 0.25) is 0 Å². The van der Waals surface area contributed by atoms with Crippen LogP contribution in [0.25, 0.3) is 0 Å². The number of aryl methyl sites for hydroxylation is 1. The summed E-state index contributed by atoms with van der Waals surface area (Å²) < 4.78 is 16.7. The molecule has 3 rings (SSSR count). The van der Waals surface area contributed by atoms with Gasteiger partial charge in [-0.1, -0.05) is 30.3 Å². The van der Waals surface area contributed by atoms with Gasteiger partial charge in [0.2, 0.25) is 5.91 Å². The van der Waals surface area contributed by atoms with Crippen molar-refractivity contribution in [2.24, 2.45) is 0 Å². The van der Waals surface area contributed by atoms with Crippen LogP contribution in [0.4, 0.5) is 0 Å². The van der Waals surface area contributed by atoms with Crippen LogP contribution in [0, 0.1) is 6.92 Å². The summed E-state index contributed by atoms with van der Waals surface area (Å²) in [6.07, 6.45) is 0. The Morgan fingerprint density at radius 2 is 1.96 bits per heavy atom. The molecule has 1 aromatic carbocycles. The number of ether oxygens (including phenoxy) is 2. The third-order valence-corrected chi connectivity index (χ3v) is 4.41. The zero-order chi connectivity index (χ0) is 18.2. The third kappa shape index (κ3) is 5.42. The Hall–Kier alpha value is -2.15. The molecular weight excluding hydrogens is 332 g/mol. The molecular formula is C20H26N2O4. The normalized spacial score (nSPS) is 16.3. The van der Waals surface area contributed by atoms with Gasteiger partial charge in [-0.2, -0.15) is 0 Å². The van der Waals surface area contributed by atoms with Crippen LogP contribution in [0.1, 0.15) is 23.1 Å². The highest BCUT2D eigenvalue weighted by Gasteiger charge is 2.25. The number of hydrogen-bond donors (Lipinski definition) is 1. The average molecular weight is 358 g/mol. The number of carbonyl (C=O) groups excluding carboxylic acids is 1. The highest BCUT2D eigenvalue weighted by Crippen LogP contribution is 2.23. The second-order valence-electron chi connectivity index (χ2n) is 6.40. The second kappa shape index (κ2) is 9.52. The molecule has 0 radical (unpaired) electrons. The number of carbonyl (C=O) groups is 1. The van der Waals surface area contributed by atoms with Crippen molar-refractivity contribution >= 4 is 5.91 Å². The number of benzene rings is 1. The molecule has 1 unspecified atom stereocenters. The minimum atomic E-state index is -0.123. The predicted molar refractivity (Wildman–Crippen MR) is 97.7 cm³/mol. The van der Waals surface area contributed by atoms with Crippen molar-refractivity contribution in [3.63, 3.8) is 0 Å². The lowest BCUT2D eigenvalue weighted by atomic mass is 10.1. The van der Waals surface area contributed by atoms with Crippen molar-refractivity contribution in [2.75, 3.05) is 39.5 Å². The maximum atomic E-state index is 12.1. The third-order valence-electron chi connectivity index (χ3n) is 4.41. The van der Waals surface area contributed by atoms with Gasteiger partial charge in [0, 0.05) is 19.6 Å². The zero-order valence-corrected chi connectivity index (χ0v) is 15.1. The van der Waals surface area contributed by atoms with Crippen LogP contribution in [0.5, 0.6) is 0 Å². The van der Waals surface area contributed by atoms with Gasteiger partial charge in [0.1, 0.15) is 18.1 Å². The highest BCUT2D eigenvalue weighted by molar-refractivity contribution is 5.77. The summed E-state index contributed by atoms with van der Waals surface area (Å²) in [7, 11) is 0. The summed E-state index contributed by atoms with van der Waals surface area (Å²) in [6.45, 7) is 5.93. The lowest BCUT2D eigenvalue weighted by molar-refractivity contribution is -0.126. The van der Waals surface area contributed by atoms with Gasteiger partial charge in [0.25, 0.3) is 0 Å². The first-order valence-electron chi connectivity index (χ1n) is 8.99. The van der Waals surface area contributed by atoms with Crippen LogP contribution in [0.3, 0.4) is 0 Å². The van der Waals surface area contributed by atoms with E-state index in [1.807, 2.05) is 49.4 Å². The van der Waals surface area contributed by atoms with E-state index in [0.29, 0.717) is 26.4 Å². The predicted octanol–water partition coefficient (Wildman–Crippen LogP) is 2.29. The maximum Gasteiger partial charge on any atom is 0.246 e. The molecule has 2 heterocycles. The molecule has 1 N–H and O–H groups in total. The lowest BCUT2D eigenvalue weighted by Crippen LogP contribution is -2.44. The molecule has 0 saturated carbocycles. The number of hydrogen-bond acceptors (Lipinski definition) is 5. The lowest BCUT2D eigenvalue weighted by Gasteiger charge is -2.33. The Kier molecular flexibility index (Phi) is 6.82. The summed E-state index contributed by atoms with van der Waals surface area (Å²) in [5.74, 6) is 1.62. The molecule has 1 aromatic heterocycles. The Morgan fingerprint density at radius 1 is 1.19 bits per heavy atom. The van der Waals surface area contributed by atoms with Gasteiger partial charge < -0.3 is 19.2 Å². The van der Waals surface area contributed by atoms with Crippen LogP contribution in [-0.4, -0.2) is 50.3 Å². The largest absolute Gasteiger partial charge is 0.465 e. The number of amides is 1. The summed E-state index contributed by atoms with van der Waals surface area (Å²) >= 11 is 0. The molecule has 1 aliphatic heterocycles. The first kappa shape index (κ1) is 18.6. The minimum Gasteiger partial charge on any atom is -0.465 e. The van der Waals surface area contributed by atoms with Crippen molar-refractivity contribution in [2.45, 2.75) is 19.6 Å². The molecule has 140 valence electrons. The number of furan rings is 1. The molecule has 1 fully saturated rings. The van der Waals surface area contributed by atoms with Crippen molar-refractivity contribution < 1.29 is 18.7 Å². The number of nitrogens with zero attached hydrogens (tertiary/aromatic N) is 1. The SMILES string of the molecule is Cc1ccc(C(CNC(=O)COCc2ccccc2)N2CCOCC2)o1. The summed E-state index contributed by atoms with van der Waals surface area (Å²) in [6, 6.07) is 13.8. The Labute approximate surface area is 154 Å². The fourth-order valence-corrected chi connectivity index (χ4v) is 3.03. The Balaban J connectivity index is 1.49. The average Bonchev–Trinajstić information content (AvgIpc) is 3.10. The Bertz CT molecular complexity index is 680. The van der Waals surface area contributed by atoms with Gasteiger partial charge in [-0.05, 0) is 24.6 Å². The van der Waals surface area contributed by atoms with E-state index >= 15 is 0 Å². The molecule has 1 aliphatic rings. The smallest absolute Gasteiger partial charge is 0.246 e. The summed E-state index contributed by atoms with van der Waals surface area (Å²) in [4.78, 5) is 14.4. The fraction of sp³-hybridized carbons (Fsp3) is 0.450. The molecule has 0 bridgehead atoms. The van der Waals surface area contributed by atoms with Crippen LogP contribution in [-0.2, 0) is 20.9 Å². The zero-order valence-electron chi connectivity index (χ0n) is 15.1. The molecule has 6 heteroatoms. The minimum absolute atomic E-state index is 0.00525. The highest BCUT2D eigenvalue weighted by atomic mass is 16.5. The maximum absolute atomic E-state index is 12.1. The van der Waals surface area contributed by atoms with Gasteiger partial charge in [0.05, 0.1) is 25.9 Å². The van der Waals surface area contributed by atoms with E-state index in [2.05, 4.69) is 10.2 Å². The van der Waals surface area contributed by atoms with Crippen LogP contribution < -0.4 is 5.32 Å². The Morgan fingerprint density at radius 3 is 2.65 bits per heavy atom. The van der Waals surface area contributed by atoms with E-state index < -0.39 is 0 Å². The standard InChI is InChI=1S/C20H26N2O4/c1-16-7-8-19(26-16)18(22-9-11-24-12-10-22)13-21-20(23)15-25-14-17-5-3-2-4-6-17/h2-8,18H,9-15H2,1H3,(H,21,23). The van der Waals surface area contributed by atoms with Gasteiger partial charge in [-0.25, -0.2) is 0 Å². The van der Waals surface area contributed by atoms with E-state index in [1.165, 1.54) is 0 Å². The molecule has 0 aliphatic carbocycles. The molecule has 1 amide bonds. The summed E-state index contributed by atoms with van der Waals surface area (Å²) in [5.41, 5.74) is 1.05. The first-order chi connectivity index (χ1) is 12.7. The molecule has 2 aromatic rings. The van der Waals surface area contributed by atoms with Gasteiger partial charge in [-0.15, -0.1) is 0 Å². The van der Waals surface area contributed by atoms with Crippen molar-refractivity contribution in [3.8, 4) is 0 Å².